The first-order chi connectivity index (χ1) is 8.86. The van der Waals surface area contributed by atoms with Crippen molar-refractivity contribution in [1.82, 2.24) is 15.5 Å². The largest absolute Gasteiger partial charge is 0.356 e. The number of nitrogens with one attached hydrogen (secondary N) is 2. The molecule has 4 nitrogen and oxygen atoms in total. The second-order valence-electron chi connectivity index (χ2n) is 6.31. The highest BCUT2D eigenvalue weighted by Crippen LogP contribution is 2.07. The SMILES string of the molecule is CN=C(NCCC(C)C)NCC(CC(C)C)N(C)C.I. The van der Waals surface area contributed by atoms with Crippen molar-refractivity contribution in [1.29, 1.82) is 0 Å². The Kier molecular flexibility index (Phi) is 14.1. The lowest BCUT2D eigenvalue weighted by Crippen LogP contribution is -2.45. The first kappa shape index (κ1) is 22.2. The van der Waals surface area contributed by atoms with Crippen molar-refractivity contribution >= 4 is 29.9 Å². The van der Waals surface area contributed by atoms with Crippen LogP contribution in [0.2, 0.25) is 0 Å². The van der Waals surface area contributed by atoms with Gasteiger partial charge in [-0.05, 0) is 38.8 Å². The molecule has 0 aromatic carbocycles. The van der Waals surface area contributed by atoms with E-state index in [0.717, 1.165) is 25.0 Å². The third-order valence-electron chi connectivity index (χ3n) is 3.22. The van der Waals surface area contributed by atoms with Crippen molar-refractivity contribution in [2.24, 2.45) is 16.8 Å². The number of likely N-dealkylation sites (N-methyl/N-ethyl adjacent to an activating group) is 1. The fourth-order valence-electron chi connectivity index (χ4n) is 1.94. The molecule has 0 radical (unpaired) electrons. The number of hydrogen-bond acceptors (Lipinski definition) is 2. The van der Waals surface area contributed by atoms with E-state index in [4.69, 9.17) is 0 Å². The van der Waals surface area contributed by atoms with Crippen LogP contribution in [0.4, 0.5) is 0 Å². The van der Waals surface area contributed by atoms with E-state index >= 15 is 0 Å². The van der Waals surface area contributed by atoms with Crippen molar-refractivity contribution in [3.05, 3.63) is 0 Å². The second-order valence-corrected chi connectivity index (χ2v) is 6.31. The van der Waals surface area contributed by atoms with E-state index in [0.29, 0.717) is 12.0 Å². The van der Waals surface area contributed by atoms with E-state index in [9.17, 15) is 0 Å². The Bertz CT molecular complexity index is 252. The molecule has 1 unspecified atom stereocenters. The fourth-order valence-corrected chi connectivity index (χ4v) is 1.94. The minimum Gasteiger partial charge on any atom is -0.356 e. The van der Waals surface area contributed by atoms with Crippen LogP contribution in [0.1, 0.15) is 40.5 Å². The molecule has 0 amide bonds. The van der Waals surface area contributed by atoms with Crippen molar-refractivity contribution in [2.45, 2.75) is 46.6 Å². The quantitative estimate of drug-likeness (QED) is 0.375. The zero-order chi connectivity index (χ0) is 14.8. The average molecular weight is 398 g/mol. The summed E-state index contributed by atoms with van der Waals surface area (Å²) in [5.74, 6) is 2.35. The van der Waals surface area contributed by atoms with Gasteiger partial charge in [-0.1, -0.05) is 27.7 Å². The van der Waals surface area contributed by atoms with Crippen molar-refractivity contribution in [3.8, 4) is 0 Å². The molecule has 0 aliphatic rings. The van der Waals surface area contributed by atoms with Crippen LogP contribution >= 0.6 is 24.0 Å². The summed E-state index contributed by atoms with van der Waals surface area (Å²) < 4.78 is 0. The Morgan fingerprint density at radius 2 is 1.65 bits per heavy atom. The minimum absolute atomic E-state index is 0. The molecule has 0 aliphatic heterocycles. The summed E-state index contributed by atoms with van der Waals surface area (Å²) in [7, 11) is 6.12. The lowest BCUT2D eigenvalue weighted by atomic mass is 10.0. The molecule has 0 aliphatic carbocycles. The van der Waals surface area contributed by atoms with Crippen LogP contribution in [0.5, 0.6) is 0 Å². The third-order valence-corrected chi connectivity index (χ3v) is 3.22. The van der Waals surface area contributed by atoms with Gasteiger partial charge in [-0.2, -0.15) is 0 Å². The lowest BCUT2D eigenvalue weighted by Gasteiger charge is -2.27. The van der Waals surface area contributed by atoms with Gasteiger partial charge in [0.25, 0.3) is 0 Å². The molecule has 2 N–H and O–H groups in total. The average Bonchev–Trinajstić information content (AvgIpc) is 2.30. The predicted octanol–water partition coefficient (Wildman–Crippen LogP) is 2.79. The summed E-state index contributed by atoms with van der Waals surface area (Å²) in [6.07, 6.45) is 2.37. The summed E-state index contributed by atoms with van der Waals surface area (Å²) >= 11 is 0. The first-order valence-electron chi connectivity index (χ1n) is 7.47. The topological polar surface area (TPSA) is 39.7 Å². The number of aliphatic imine (C=N–C) groups is 1. The predicted molar refractivity (Wildman–Crippen MR) is 101 cm³/mol. The standard InChI is InChI=1S/C15H34N4.HI/c1-12(2)8-9-17-15(16-5)18-11-14(19(6)7)10-13(3)4;/h12-14H,8-11H2,1-7H3,(H2,16,17,18);1H. The van der Waals surface area contributed by atoms with Crippen molar-refractivity contribution in [3.63, 3.8) is 0 Å². The van der Waals surface area contributed by atoms with Crippen LogP contribution in [0, 0.1) is 11.8 Å². The van der Waals surface area contributed by atoms with Crippen LogP contribution < -0.4 is 10.6 Å². The van der Waals surface area contributed by atoms with Crippen LogP contribution in [-0.4, -0.2) is 51.1 Å². The Morgan fingerprint density at radius 1 is 1.05 bits per heavy atom. The van der Waals surface area contributed by atoms with Crippen LogP contribution in [0.15, 0.2) is 4.99 Å². The molecule has 0 fully saturated rings. The minimum atomic E-state index is 0. The van der Waals surface area contributed by atoms with Gasteiger partial charge < -0.3 is 15.5 Å². The van der Waals surface area contributed by atoms with Gasteiger partial charge in [0.1, 0.15) is 0 Å². The molecule has 0 aromatic rings. The number of halogens is 1. The van der Waals surface area contributed by atoms with Crippen LogP contribution in [0.3, 0.4) is 0 Å². The summed E-state index contributed by atoms with van der Waals surface area (Å²) in [6, 6.07) is 0.545. The monoisotopic (exact) mass is 398 g/mol. The highest BCUT2D eigenvalue weighted by atomic mass is 127. The Morgan fingerprint density at radius 3 is 2.05 bits per heavy atom. The van der Waals surface area contributed by atoms with Gasteiger partial charge in [-0.25, -0.2) is 0 Å². The Balaban J connectivity index is 0. The zero-order valence-corrected chi connectivity index (χ0v) is 16.7. The summed E-state index contributed by atoms with van der Waals surface area (Å²) in [5, 5.41) is 6.80. The van der Waals surface area contributed by atoms with E-state index in [1.165, 1.54) is 12.8 Å². The van der Waals surface area contributed by atoms with Gasteiger partial charge in [-0.3, -0.25) is 4.99 Å². The molecule has 1 atom stereocenters. The van der Waals surface area contributed by atoms with Gasteiger partial charge in [0.15, 0.2) is 5.96 Å². The molecule has 20 heavy (non-hydrogen) atoms. The van der Waals surface area contributed by atoms with Gasteiger partial charge >= 0.3 is 0 Å². The van der Waals surface area contributed by atoms with E-state index in [1.54, 1.807) is 0 Å². The van der Waals surface area contributed by atoms with Gasteiger partial charge in [0, 0.05) is 26.2 Å². The molecule has 0 spiro atoms. The summed E-state index contributed by atoms with van der Waals surface area (Å²) in [5.41, 5.74) is 0. The Labute approximate surface area is 143 Å². The molecule has 5 heteroatoms. The van der Waals surface area contributed by atoms with Gasteiger partial charge in [0.2, 0.25) is 0 Å². The zero-order valence-electron chi connectivity index (χ0n) is 14.4. The van der Waals surface area contributed by atoms with E-state index in [2.05, 4.69) is 62.3 Å². The van der Waals surface area contributed by atoms with E-state index in [1.807, 2.05) is 7.05 Å². The van der Waals surface area contributed by atoms with E-state index < -0.39 is 0 Å². The molecule has 0 saturated heterocycles. The number of nitrogens with zero attached hydrogens (tertiary/aromatic N) is 2. The molecular weight excluding hydrogens is 363 g/mol. The first-order valence-corrected chi connectivity index (χ1v) is 7.47. The van der Waals surface area contributed by atoms with Gasteiger partial charge in [0.05, 0.1) is 0 Å². The molecule has 0 saturated carbocycles. The highest BCUT2D eigenvalue weighted by molar-refractivity contribution is 14.0. The van der Waals surface area contributed by atoms with Gasteiger partial charge in [-0.15, -0.1) is 24.0 Å². The normalized spacial score (nSPS) is 13.6. The molecule has 0 aromatic heterocycles. The maximum Gasteiger partial charge on any atom is 0.191 e. The number of hydrogen-bond donors (Lipinski definition) is 2. The Hall–Kier alpha value is -0.0400. The number of rotatable bonds is 8. The number of guanidine groups is 1. The van der Waals surface area contributed by atoms with Crippen molar-refractivity contribution in [2.75, 3.05) is 34.2 Å². The van der Waals surface area contributed by atoms with Crippen LogP contribution in [-0.2, 0) is 0 Å². The lowest BCUT2D eigenvalue weighted by molar-refractivity contribution is 0.254. The second kappa shape index (κ2) is 12.7. The molecule has 0 rings (SSSR count). The molecule has 0 bridgehead atoms. The highest BCUT2D eigenvalue weighted by Gasteiger charge is 2.13. The maximum atomic E-state index is 4.27. The molecule has 0 heterocycles. The molecular formula is C15H35IN4. The molecule has 122 valence electrons. The maximum absolute atomic E-state index is 4.27. The fraction of sp³-hybridized carbons (Fsp3) is 0.933. The summed E-state index contributed by atoms with van der Waals surface area (Å²) in [4.78, 5) is 6.56. The smallest absolute Gasteiger partial charge is 0.191 e. The van der Waals surface area contributed by atoms with Crippen LogP contribution in [0.25, 0.3) is 0 Å². The van der Waals surface area contributed by atoms with Crippen molar-refractivity contribution < 1.29 is 0 Å². The third kappa shape index (κ3) is 11.8. The summed E-state index contributed by atoms with van der Waals surface area (Å²) in [6.45, 7) is 10.9. The van der Waals surface area contributed by atoms with E-state index in [-0.39, 0.29) is 24.0 Å².